The second kappa shape index (κ2) is 9.16. The van der Waals surface area contributed by atoms with Gasteiger partial charge in [0, 0.05) is 23.9 Å². The molecule has 2 spiro atoms. The number of anilines is 1. The van der Waals surface area contributed by atoms with E-state index < -0.39 is 11.1 Å². The van der Waals surface area contributed by atoms with Crippen LogP contribution in [0.4, 0.5) is 5.82 Å². The molecule has 1 aromatic heterocycles. The summed E-state index contributed by atoms with van der Waals surface area (Å²) in [6, 6.07) is 17.8. The Hall–Kier alpha value is -3.77. The lowest BCUT2D eigenvalue weighted by Gasteiger charge is -2.38. The first-order valence-electron chi connectivity index (χ1n) is 13.7. The van der Waals surface area contributed by atoms with Gasteiger partial charge in [-0.1, -0.05) is 72.6 Å². The molecule has 0 saturated heterocycles. The molecule has 1 fully saturated rings. The molecule has 196 valence electrons. The van der Waals surface area contributed by atoms with Crippen LogP contribution in [0, 0.1) is 0 Å². The topological polar surface area (TPSA) is 74.7 Å². The van der Waals surface area contributed by atoms with E-state index in [-0.39, 0.29) is 11.8 Å². The van der Waals surface area contributed by atoms with E-state index in [0.717, 1.165) is 36.8 Å². The highest BCUT2D eigenvalue weighted by atomic mass is 35.5. The lowest BCUT2D eigenvalue weighted by Crippen LogP contribution is -2.48. The third-order valence-corrected chi connectivity index (χ3v) is 9.19. The molecule has 7 rings (SSSR count). The minimum Gasteiger partial charge on any atom is -0.310 e. The number of rotatable bonds is 4. The van der Waals surface area contributed by atoms with Gasteiger partial charge in [0.15, 0.2) is 0 Å². The Morgan fingerprint density at radius 3 is 2.64 bits per heavy atom. The van der Waals surface area contributed by atoms with Crippen molar-refractivity contribution in [1.29, 1.82) is 0 Å². The molecule has 0 radical (unpaired) electrons. The highest BCUT2D eigenvalue weighted by Crippen LogP contribution is 2.47. The standard InChI is InChI=1S/C32H29ClN4O2/c33-26-11-3-2-9-24(26)27-29(38)37(32(36-27)14-4-1-5-15-32)17-7-8-21-12-13-22-19-31(20-23(22)18-21)25-10-6-16-34-28(25)35-30(31)39/h2-3,6-13,16,18H,1,4-5,14-15,17,19-20H2,(H,34,35,39)/b8-7+/t31-/m1/s1. The number of aliphatic imine (C=N–C) groups is 1. The van der Waals surface area contributed by atoms with Crippen LogP contribution in [0.2, 0.25) is 5.02 Å². The number of hydrogen-bond donors (Lipinski definition) is 1. The third-order valence-electron chi connectivity index (χ3n) is 8.86. The molecule has 3 aromatic rings. The van der Waals surface area contributed by atoms with E-state index in [1.807, 2.05) is 41.3 Å². The smallest absolute Gasteiger partial charge is 0.274 e. The molecule has 2 aromatic carbocycles. The van der Waals surface area contributed by atoms with Crippen molar-refractivity contribution in [3.8, 4) is 0 Å². The maximum absolute atomic E-state index is 13.7. The fraction of sp³-hybridized carbons (Fsp3) is 0.312. The number of carbonyl (C=O) groups is 2. The van der Waals surface area contributed by atoms with E-state index in [2.05, 4.69) is 40.7 Å². The van der Waals surface area contributed by atoms with Crippen molar-refractivity contribution in [2.45, 2.75) is 56.0 Å². The molecule has 7 heteroatoms. The van der Waals surface area contributed by atoms with E-state index in [1.165, 1.54) is 17.5 Å². The number of benzene rings is 2. The Labute approximate surface area is 232 Å². The highest BCUT2D eigenvalue weighted by Gasteiger charge is 2.51. The van der Waals surface area contributed by atoms with E-state index in [4.69, 9.17) is 16.6 Å². The Balaban J connectivity index is 1.12. The molecule has 6 nitrogen and oxygen atoms in total. The first kappa shape index (κ1) is 24.3. The molecule has 3 heterocycles. The molecule has 4 aliphatic rings. The first-order valence-corrected chi connectivity index (χ1v) is 14.1. The fourth-order valence-corrected chi connectivity index (χ4v) is 7.12. The lowest BCUT2D eigenvalue weighted by atomic mass is 9.79. The lowest BCUT2D eigenvalue weighted by molar-refractivity contribution is -0.128. The Morgan fingerprint density at radius 1 is 0.974 bits per heavy atom. The van der Waals surface area contributed by atoms with Crippen molar-refractivity contribution in [3.63, 3.8) is 0 Å². The minimum atomic E-state index is -0.573. The van der Waals surface area contributed by atoms with Crippen molar-refractivity contribution in [1.82, 2.24) is 9.88 Å². The van der Waals surface area contributed by atoms with Gasteiger partial charge < -0.3 is 10.2 Å². The zero-order chi connectivity index (χ0) is 26.6. The van der Waals surface area contributed by atoms with Crippen molar-refractivity contribution in [2.75, 3.05) is 11.9 Å². The van der Waals surface area contributed by atoms with Gasteiger partial charge in [-0.3, -0.25) is 14.6 Å². The van der Waals surface area contributed by atoms with Crippen molar-refractivity contribution >= 4 is 41.0 Å². The Morgan fingerprint density at radius 2 is 1.79 bits per heavy atom. The van der Waals surface area contributed by atoms with Crippen molar-refractivity contribution < 1.29 is 9.59 Å². The van der Waals surface area contributed by atoms with Gasteiger partial charge in [0.05, 0.1) is 10.4 Å². The summed E-state index contributed by atoms with van der Waals surface area (Å²) in [4.78, 5) is 38.0. The number of aromatic nitrogens is 1. The summed E-state index contributed by atoms with van der Waals surface area (Å²) in [5.41, 5.74) is 4.56. The molecule has 1 saturated carbocycles. The predicted molar refractivity (Wildman–Crippen MR) is 153 cm³/mol. The third kappa shape index (κ3) is 3.84. The summed E-state index contributed by atoms with van der Waals surface area (Å²) < 4.78 is 0. The average Bonchev–Trinajstić information content (AvgIpc) is 3.55. The van der Waals surface area contributed by atoms with Gasteiger partial charge in [0.25, 0.3) is 5.91 Å². The summed E-state index contributed by atoms with van der Waals surface area (Å²) in [7, 11) is 0. The molecule has 39 heavy (non-hydrogen) atoms. The second-order valence-electron chi connectivity index (χ2n) is 11.1. The van der Waals surface area contributed by atoms with Crippen LogP contribution < -0.4 is 5.32 Å². The number of carbonyl (C=O) groups excluding carboxylic acids is 2. The van der Waals surface area contributed by atoms with Crippen molar-refractivity contribution in [3.05, 3.63) is 99.7 Å². The Kier molecular flexibility index (Phi) is 5.70. The van der Waals surface area contributed by atoms with Gasteiger partial charge in [-0.25, -0.2) is 4.98 Å². The van der Waals surface area contributed by atoms with Gasteiger partial charge >= 0.3 is 0 Å². The summed E-state index contributed by atoms with van der Waals surface area (Å²) in [6.07, 6.45) is 12.2. The number of amides is 2. The summed E-state index contributed by atoms with van der Waals surface area (Å²) in [5.74, 6) is 0.662. The maximum atomic E-state index is 13.7. The van der Waals surface area contributed by atoms with Crippen LogP contribution in [-0.2, 0) is 27.8 Å². The van der Waals surface area contributed by atoms with Crippen LogP contribution in [0.3, 0.4) is 0 Å². The highest BCUT2D eigenvalue weighted by molar-refractivity contribution is 6.50. The van der Waals surface area contributed by atoms with Crippen LogP contribution in [0.5, 0.6) is 0 Å². The number of hydrogen-bond acceptors (Lipinski definition) is 4. The van der Waals surface area contributed by atoms with Crippen LogP contribution in [0.25, 0.3) is 6.08 Å². The van der Waals surface area contributed by atoms with Gasteiger partial charge in [-0.05, 0) is 67.3 Å². The van der Waals surface area contributed by atoms with Crippen molar-refractivity contribution in [2.24, 2.45) is 4.99 Å². The maximum Gasteiger partial charge on any atom is 0.274 e. The van der Waals surface area contributed by atoms with Crippen LogP contribution in [0.1, 0.15) is 59.9 Å². The summed E-state index contributed by atoms with van der Waals surface area (Å²) in [6.45, 7) is 0.485. The number of nitrogens with zero attached hydrogens (tertiary/aromatic N) is 3. The molecular weight excluding hydrogens is 508 g/mol. The van der Waals surface area contributed by atoms with Gasteiger partial charge in [-0.15, -0.1) is 0 Å². The minimum absolute atomic E-state index is 0.0316. The number of nitrogens with one attached hydrogen (secondary N) is 1. The largest absolute Gasteiger partial charge is 0.310 e. The van der Waals surface area contributed by atoms with E-state index in [9.17, 15) is 9.59 Å². The monoisotopic (exact) mass is 536 g/mol. The predicted octanol–water partition coefficient (Wildman–Crippen LogP) is 5.73. The molecule has 2 aliphatic carbocycles. The van der Waals surface area contributed by atoms with E-state index in [0.29, 0.717) is 41.5 Å². The van der Waals surface area contributed by atoms with Crippen LogP contribution >= 0.6 is 11.6 Å². The fourth-order valence-electron chi connectivity index (χ4n) is 6.90. The van der Waals surface area contributed by atoms with Gasteiger partial charge in [0.1, 0.15) is 17.2 Å². The van der Waals surface area contributed by atoms with Gasteiger partial charge in [-0.2, -0.15) is 0 Å². The van der Waals surface area contributed by atoms with Crippen LogP contribution in [0.15, 0.2) is 71.9 Å². The zero-order valence-corrected chi connectivity index (χ0v) is 22.4. The number of halogens is 1. The number of pyridine rings is 1. The van der Waals surface area contributed by atoms with Crippen LogP contribution in [-0.4, -0.2) is 39.6 Å². The van der Waals surface area contributed by atoms with E-state index >= 15 is 0 Å². The zero-order valence-electron chi connectivity index (χ0n) is 21.6. The summed E-state index contributed by atoms with van der Waals surface area (Å²) in [5, 5.41) is 3.53. The molecule has 2 amide bonds. The SMILES string of the molecule is O=C1C(c2ccccc2Cl)=NC2(CCCCC2)N1C/C=C/c1ccc2c(c1)C[C@@]1(C2)C(=O)Nc2ncccc21. The molecule has 0 unspecified atom stereocenters. The second-order valence-corrected chi connectivity index (χ2v) is 11.5. The normalized spacial score (nSPS) is 23.0. The quantitative estimate of drug-likeness (QED) is 0.463. The molecular formula is C32H29ClN4O2. The molecule has 0 bridgehead atoms. The average molecular weight is 537 g/mol. The molecule has 1 N–H and O–H groups in total. The van der Waals surface area contributed by atoms with E-state index in [1.54, 1.807) is 6.20 Å². The van der Waals surface area contributed by atoms with Gasteiger partial charge in [0.2, 0.25) is 5.91 Å². The molecule has 1 atom stereocenters. The number of fused-ring (bicyclic) bond motifs is 3. The summed E-state index contributed by atoms with van der Waals surface area (Å²) >= 11 is 6.46. The first-order chi connectivity index (χ1) is 19.0. The molecule has 2 aliphatic heterocycles. The Bertz CT molecular complexity index is 1570.